The van der Waals surface area contributed by atoms with Gasteiger partial charge < -0.3 is 5.73 Å². The smallest absolute Gasteiger partial charge is 0.241 e. The number of carbonyl (C=O) groups excluding carboxylic acids is 1. The van der Waals surface area contributed by atoms with Crippen molar-refractivity contribution in [3.8, 4) is 0 Å². The van der Waals surface area contributed by atoms with Crippen molar-refractivity contribution in [2.24, 2.45) is 5.73 Å². The highest BCUT2D eigenvalue weighted by molar-refractivity contribution is 5.86. The number of rotatable bonds is 2. The third-order valence-corrected chi connectivity index (χ3v) is 0.692. The van der Waals surface area contributed by atoms with Gasteiger partial charge in [-0.2, -0.15) is 0 Å². The van der Waals surface area contributed by atoms with Gasteiger partial charge in [0.2, 0.25) is 5.91 Å². The van der Waals surface area contributed by atoms with E-state index in [1.54, 1.807) is 13.0 Å². The van der Waals surface area contributed by atoms with Crippen molar-refractivity contribution in [2.45, 2.75) is 6.92 Å². The van der Waals surface area contributed by atoms with Crippen molar-refractivity contribution in [3.63, 3.8) is 0 Å². The van der Waals surface area contributed by atoms with E-state index in [1.807, 2.05) is 0 Å². The van der Waals surface area contributed by atoms with E-state index in [-0.39, 0.29) is 0 Å². The number of hydrogen-bond acceptors (Lipinski definition) is 1. The topological polar surface area (TPSA) is 43.1 Å². The summed E-state index contributed by atoms with van der Waals surface area (Å²) in [5.41, 5.74) is 5.60. The summed E-state index contributed by atoms with van der Waals surface area (Å²) in [5, 5.41) is 0. The normalized spacial score (nSPS) is 10.9. The second-order valence-corrected chi connectivity index (χ2v) is 1.49. The molecular formula is C6H9NO. The van der Waals surface area contributed by atoms with Gasteiger partial charge in [-0.1, -0.05) is 12.7 Å². The van der Waals surface area contributed by atoms with Crippen molar-refractivity contribution in [1.29, 1.82) is 0 Å². The molecule has 0 atom stereocenters. The van der Waals surface area contributed by atoms with Gasteiger partial charge in [-0.15, -0.1) is 0 Å². The fraction of sp³-hybridized carbons (Fsp3) is 0.167. The summed E-state index contributed by atoms with van der Waals surface area (Å²) < 4.78 is 0. The van der Waals surface area contributed by atoms with E-state index < -0.39 is 5.91 Å². The van der Waals surface area contributed by atoms with E-state index in [0.29, 0.717) is 0 Å². The summed E-state index contributed by atoms with van der Waals surface area (Å²) in [6.07, 6.45) is 2.90. The predicted molar refractivity (Wildman–Crippen MR) is 33.1 cm³/mol. The zero-order chi connectivity index (χ0) is 6.57. The number of primary amides is 1. The van der Waals surface area contributed by atoms with Crippen LogP contribution < -0.4 is 5.73 Å². The molecule has 0 rings (SSSR count). The molecule has 0 aliphatic rings. The first-order valence-electron chi connectivity index (χ1n) is 2.27. The van der Waals surface area contributed by atoms with Crippen LogP contribution in [0.1, 0.15) is 6.92 Å². The lowest BCUT2D eigenvalue weighted by atomic mass is 10.3. The minimum atomic E-state index is -0.428. The van der Waals surface area contributed by atoms with Crippen molar-refractivity contribution in [2.75, 3.05) is 0 Å². The lowest BCUT2D eigenvalue weighted by molar-refractivity contribution is -0.113. The van der Waals surface area contributed by atoms with Gasteiger partial charge in [0.05, 0.1) is 0 Å². The Morgan fingerprint density at radius 3 is 2.38 bits per heavy atom. The molecule has 44 valence electrons. The Hall–Kier alpha value is -1.05. The highest BCUT2D eigenvalue weighted by atomic mass is 16.1. The molecule has 0 aromatic carbocycles. The summed E-state index contributed by atoms with van der Waals surface area (Å²) in [4.78, 5) is 10.1. The molecule has 0 unspecified atom stereocenters. The van der Waals surface area contributed by atoms with Crippen LogP contribution in [0.15, 0.2) is 24.3 Å². The Morgan fingerprint density at radius 1 is 1.75 bits per heavy atom. The van der Waals surface area contributed by atoms with Crippen molar-refractivity contribution < 1.29 is 4.79 Å². The SMILES string of the molecule is C=C/C(C)=C/C(N)=O. The average Bonchev–Trinajstić information content (AvgIpc) is 1.65. The Kier molecular flexibility index (Phi) is 2.62. The van der Waals surface area contributed by atoms with Crippen molar-refractivity contribution >= 4 is 5.91 Å². The van der Waals surface area contributed by atoms with Gasteiger partial charge in [0.25, 0.3) is 0 Å². The number of carbonyl (C=O) groups is 1. The molecule has 0 bridgehead atoms. The third kappa shape index (κ3) is 3.15. The minimum absolute atomic E-state index is 0.428. The lowest BCUT2D eigenvalue weighted by Gasteiger charge is -1.83. The molecule has 0 heterocycles. The number of allylic oxidation sites excluding steroid dienone is 2. The molecule has 0 radical (unpaired) electrons. The van der Waals surface area contributed by atoms with Gasteiger partial charge in [0, 0.05) is 6.08 Å². The van der Waals surface area contributed by atoms with Crippen molar-refractivity contribution in [3.05, 3.63) is 24.3 Å². The quantitative estimate of drug-likeness (QED) is 0.411. The molecule has 1 amide bonds. The van der Waals surface area contributed by atoms with E-state index in [1.165, 1.54) is 6.08 Å². The van der Waals surface area contributed by atoms with Crippen LogP contribution >= 0.6 is 0 Å². The summed E-state index contributed by atoms with van der Waals surface area (Å²) in [6.45, 7) is 5.20. The molecule has 2 N–H and O–H groups in total. The van der Waals surface area contributed by atoms with E-state index in [4.69, 9.17) is 5.73 Å². The molecule has 0 spiro atoms. The van der Waals surface area contributed by atoms with Crippen LogP contribution in [0.25, 0.3) is 0 Å². The van der Waals surface area contributed by atoms with Crippen LogP contribution in [0.4, 0.5) is 0 Å². The fourth-order valence-electron chi connectivity index (χ4n) is 0.283. The number of nitrogens with two attached hydrogens (primary N) is 1. The Morgan fingerprint density at radius 2 is 2.25 bits per heavy atom. The first-order valence-corrected chi connectivity index (χ1v) is 2.27. The largest absolute Gasteiger partial charge is 0.366 e. The maximum atomic E-state index is 10.1. The van der Waals surface area contributed by atoms with E-state index in [9.17, 15) is 4.79 Å². The van der Waals surface area contributed by atoms with Crippen LogP contribution in [0, 0.1) is 0 Å². The van der Waals surface area contributed by atoms with Gasteiger partial charge in [-0.3, -0.25) is 4.79 Å². The zero-order valence-electron chi connectivity index (χ0n) is 4.85. The molecule has 0 aromatic rings. The maximum Gasteiger partial charge on any atom is 0.241 e. The predicted octanol–water partition coefficient (Wildman–Crippen LogP) is 0.604. The molecule has 0 aliphatic carbocycles. The summed E-state index contributed by atoms with van der Waals surface area (Å²) in [5.74, 6) is -0.428. The van der Waals surface area contributed by atoms with E-state index in [2.05, 4.69) is 6.58 Å². The van der Waals surface area contributed by atoms with Gasteiger partial charge in [-0.25, -0.2) is 0 Å². The van der Waals surface area contributed by atoms with Gasteiger partial charge in [0.1, 0.15) is 0 Å². The van der Waals surface area contributed by atoms with Crippen LogP contribution in [0.5, 0.6) is 0 Å². The second kappa shape index (κ2) is 3.02. The molecule has 0 saturated heterocycles. The molecule has 0 aliphatic heterocycles. The lowest BCUT2D eigenvalue weighted by Crippen LogP contribution is -2.06. The van der Waals surface area contributed by atoms with Crippen LogP contribution in [0.3, 0.4) is 0 Å². The first-order chi connectivity index (χ1) is 3.66. The van der Waals surface area contributed by atoms with Crippen LogP contribution in [-0.2, 0) is 4.79 Å². The Bertz CT molecular complexity index is 135. The highest BCUT2D eigenvalue weighted by Gasteiger charge is 1.83. The monoisotopic (exact) mass is 111 g/mol. The second-order valence-electron chi connectivity index (χ2n) is 1.49. The van der Waals surface area contributed by atoms with E-state index in [0.717, 1.165) is 5.57 Å². The average molecular weight is 111 g/mol. The van der Waals surface area contributed by atoms with Crippen LogP contribution in [-0.4, -0.2) is 5.91 Å². The highest BCUT2D eigenvalue weighted by Crippen LogP contribution is 1.89. The Balaban J connectivity index is 3.94. The third-order valence-electron chi connectivity index (χ3n) is 0.692. The van der Waals surface area contributed by atoms with Crippen molar-refractivity contribution in [1.82, 2.24) is 0 Å². The van der Waals surface area contributed by atoms with Crippen LogP contribution in [0.2, 0.25) is 0 Å². The molecular weight excluding hydrogens is 102 g/mol. The number of amides is 1. The standard InChI is InChI=1S/C6H9NO/c1-3-5(2)4-6(7)8/h3-4H,1H2,2H3,(H2,7,8)/b5-4+. The Labute approximate surface area is 48.7 Å². The first kappa shape index (κ1) is 6.95. The molecule has 0 aromatic heterocycles. The zero-order valence-corrected chi connectivity index (χ0v) is 4.85. The number of hydrogen-bond donors (Lipinski definition) is 1. The molecule has 0 fully saturated rings. The fourth-order valence-corrected chi connectivity index (χ4v) is 0.283. The maximum absolute atomic E-state index is 10.1. The molecule has 8 heavy (non-hydrogen) atoms. The molecule has 2 nitrogen and oxygen atoms in total. The molecule has 0 saturated carbocycles. The van der Waals surface area contributed by atoms with Gasteiger partial charge in [-0.05, 0) is 12.5 Å². The summed E-state index contributed by atoms with van der Waals surface area (Å²) in [6, 6.07) is 0. The summed E-state index contributed by atoms with van der Waals surface area (Å²) >= 11 is 0. The van der Waals surface area contributed by atoms with E-state index >= 15 is 0 Å². The minimum Gasteiger partial charge on any atom is -0.366 e. The summed E-state index contributed by atoms with van der Waals surface area (Å²) in [7, 11) is 0. The van der Waals surface area contributed by atoms with Gasteiger partial charge >= 0.3 is 0 Å². The molecule has 2 heteroatoms. The van der Waals surface area contributed by atoms with Gasteiger partial charge in [0.15, 0.2) is 0 Å².